The van der Waals surface area contributed by atoms with Crippen molar-refractivity contribution >= 4 is 6.21 Å². The third kappa shape index (κ3) is 14.2. The van der Waals surface area contributed by atoms with E-state index in [1.807, 2.05) is 12.3 Å². The second-order valence-corrected chi connectivity index (χ2v) is 7.66. The van der Waals surface area contributed by atoms with E-state index in [1.165, 1.54) is 76.4 Å². The number of rotatable bonds is 14. The zero-order chi connectivity index (χ0) is 17.5. The molecule has 0 bridgehead atoms. The lowest BCUT2D eigenvalue weighted by atomic mass is 10.1. The van der Waals surface area contributed by atoms with E-state index < -0.39 is 0 Å². The molecule has 0 saturated heterocycles. The van der Waals surface area contributed by atoms with Crippen molar-refractivity contribution in [3.8, 4) is 0 Å². The molecule has 0 unspecified atom stereocenters. The molecule has 0 aliphatic heterocycles. The van der Waals surface area contributed by atoms with Gasteiger partial charge in [-0.2, -0.15) is 0 Å². The van der Waals surface area contributed by atoms with Crippen LogP contribution in [0, 0.1) is 0 Å². The first-order chi connectivity index (χ1) is 11.6. The summed E-state index contributed by atoms with van der Waals surface area (Å²) in [5.74, 6) is 0. The molecule has 0 atom stereocenters. The molecule has 0 fully saturated rings. The molecule has 0 N–H and O–H groups in total. The van der Waals surface area contributed by atoms with Gasteiger partial charge in [-0.3, -0.25) is 4.99 Å². The van der Waals surface area contributed by atoms with Gasteiger partial charge in [-0.25, -0.2) is 0 Å². The van der Waals surface area contributed by atoms with Gasteiger partial charge in [-0.15, -0.1) is 0 Å². The Morgan fingerprint density at radius 2 is 1.36 bits per heavy atom. The van der Waals surface area contributed by atoms with Crippen LogP contribution in [0.1, 0.15) is 70.3 Å². The SMILES string of the molecule is CCCCCCCCCC[N+](C)(C)CCCN=Cc1ccccc1.[Br-]. The molecular weight excluding hydrogens is 372 g/mol. The summed E-state index contributed by atoms with van der Waals surface area (Å²) in [6.45, 7) is 5.75. The van der Waals surface area contributed by atoms with E-state index in [4.69, 9.17) is 0 Å². The number of hydrogen-bond donors (Lipinski definition) is 0. The highest BCUT2D eigenvalue weighted by Gasteiger charge is 2.13. The molecule has 2 nitrogen and oxygen atoms in total. The van der Waals surface area contributed by atoms with E-state index in [0.717, 1.165) is 11.0 Å². The summed E-state index contributed by atoms with van der Waals surface area (Å²) in [5, 5.41) is 0. The molecule has 0 aliphatic carbocycles. The number of halogens is 1. The minimum Gasteiger partial charge on any atom is -1.00 e. The first kappa shape index (κ1) is 24.3. The van der Waals surface area contributed by atoms with E-state index in [-0.39, 0.29) is 17.0 Å². The van der Waals surface area contributed by atoms with E-state index in [1.54, 1.807) is 0 Å². The van der Waals surface area contributed by atoms with Gasteiger partial charge in [0.15, 0.2) is 0 Å². The van der Waals surface area contributed by atoms with E-state index in [2.05, 4.69) is 50.3 Å². The van der Waals surface area contributed by atoms with Crippen molar-refractivity contribution < 1.29 is 21.5 Å². The summed E-state index contributed by atoms with van der Waals surface area (Å²) in [4.78, 5) is 4.55. The van der Waals surface area contributed by atoms with Gasteiger partial charge in [0.05, 0.1) is 27.2 Å². The van der Waals surface area contributed by atoms with E-state index in [0.29, 0.717) is 0 Å². The monoisotopic (exact) mass is 410 g/mol. The average molecular weight is 411 g/mol. The highest BCUT2D eigenvalue weighted by Crippen LogP contribution is 2.10. The van der Waals surface area contributed by atoms with Gasteiger partial charge in [0, 0.05) is 19.2 Å². The Balaban J connectivity index is 0.00000576. The molecule has 0 radical (unpaired) electrons. The summed E-state index contributed by atoms with van der Waals surface area (Å²) in [5.41, 5.74) is 1.20. The lowest BCUT2D eigenvalue weighted by molar-refractivity contribution is -0.890. The highest BCUT2D eigenvalue weighted by atomic mass is 79.9. The van der Waals surface area contributed by atoms with Crippen molar-refractivity contribution in [2.45, 2.75) is 64.7 Å². The molecule has 0 aliphatic rings. The largest absolute Gasteiger partial charge is 1.00 e. The van der Waals surface area contributed by atoms with Crippen LogP contribution < -0.4 is 17.0 Å². The van der Waals surface area contributed by atoms with Gasteiger partial charge in [0.1, 0.15) is 0 Å². The maximum Gasteiger partial charge on any atom is 0.0800 e. The maximum absolute atomic E-state index is 4.55. The zero-order valence-corrected chi connectivity index (χ0v) is 18.3. The Hall–Kier alpha value is -0.670. The minimum atomic E-state index is 0. The predicted octanol–water partition coefficient (Wildman–Crippen LogP) is 2.72. The van der Waals surface area contributed by atoms with Gasteiger partial charge in [0.25, 0.3) is 0 Å². The van der Waals surface area contributed by atoms with Gasteiger partial charge in [-0.05, 0) is 18.4 Å². The minimum absolute atomic E-state index is 0. The summed E-state index contributed by atoms with van der Waals surface area (Å²) in [7, 11) is 4.73. The van der Waals surface area contributed by atoms with Crippen LogP contribution in [0.4, 0.5) is 0 Å². The smallest absolute Gasteiger partial charge is 0.0800 e. The van der Waals surface area contributed by atoms with Crippen LogP contribution in [-0.4, -0.2) is 44.4 Å². The Labute approximate surface area is 167 Å². The van der Waals surface area contributed by atoms with E-state index >= 15 is 0 Å². The number of aliphatic imine (C=N–C) groups is 1. The molecule has 0 amide bonds. The van der Waals surface area contributed by atoms with Crippen molar-refractivity contribution in [3.63, 3.8) is 0 Å². The molecular formula is C22H39BrN2. The first-order valence-corrected chi connectivity index (χ1v) is 10.0. The van der Waals surface area contributed by atoms with Crippen LogP contribution in [0.25, 0.3) is 0 Å². The van der Waals surface area contributed by atoms with Crippen LogP contribution in [0.5, 0.6) is 0 Å². The summed E-state index contributed by atoms with van der Waals surface area (Å²) >= 11 is 0. The number of hydrogen-bond acceptors (Lipinski definition) is 1. The fourth-order valence-corrected chi connectivity index (χ4v) is 3.08. The van der Waals surface area contributed by atoms with E-state index in [9.17, 15) is 0 Å². The highest BCUT2D eigenvalue weighted by molar-refractivity contribution is 5.79. The molecule has 1 aromatic rings. The molecule has 0 aromatic heterocycles. The van der Waals surface area contributed by atoms with Crippen LogP contribution in [0.15, 0.2) is 35.3 Å². The maximum atomic E-state index is 4.55. The number of benzene rings is 1. The predicted molar refractivity (Wildman–Crippen MR) is 108 cm³/mol. The van der Waals surface area contributed by atoms with Crippen molar-refractivity contribution in [1.82, 2.24) is 0 Å². The van der Waals surface area contributed by atoms with Crippen LogP contribution in [-0.2, 0) is 0 Å². The van der Waals surface area contributed by atoms with Crippen molar-refractivity contribution in [3.05, 3.63) is 35.9 Å². The molecule has 25 heavy (non-hydrogen) atoms. The van der Waals surface area contributed by atoms with Crippen LogP contribution >= 0.6 is 0 Å². The fraction of sp³-hybridized carbons (Fsp3) is 0.682. The second-order valence-electron chi connectivity index (χ2n) is 7.66. The Morgan fingerprint density at radius 3 is 2.00 bits per heavy atom. The van der Waals surface area contributed by atoms with Crippen molar-refractivity contribution in [1.29, 1.82) is 0 Å². The Morgan fingerprint density at radius 1 is 0.800 bits per heavy atom. The second kappa shape index (κ2) is 15.6. The molecule has 3 heteroatoms. The average Bonchev–Trinajstić information content (AvgIpc) is 2.58. The summed E-state index contributed by atoms with van der Waals surface area (Å²) < 4.78 is 1.14. The third-order valence-corrected chi connectivity index (χ3v) is 4.71. The molecule has 0 saturated carbocycles. The van der Waals surface area contributed by atoms with Crippen molar-refractivity contribution in [2.24, 2.45) is 4.99 Å². The van der Waals surface area contributed by atoms with Crippen LogP contribution in [0.3, 0.4) is 0 Å². The standard InChI is InChI=1S/C22H39N2.BrH/c1-4-5-6-7-8-9-10-14-19-24(2,3)20-15-18-23-21-22-16-12-11-13-17-22;/h11-13,16-17,21H,4-10,14-15,18-20H2,1-3H3;1H/q+1;/p-1. The first-order valence-electron chi connectivity index (χ1n) is 10.0. The number of unbranched alkanes of at least 4 members (excludes halogenated alkanes) is 7. The summed E-state index contributed by atoms with van der Waals surface area (Å²) in [6.07, 6.45) is 14.4. The quantitative estimate of drug-likeness (QED) is 0.254. The molecule has 144 valence electrons. The van der Waals surface area contributed by atoms with Gasteiger partial charge in [-0.1, -0.05) is 75.8 Å². The normalized spacial score (nSPS) is 11.6. The lowest BCUT2D eigenvalue weighted by Gasteiger charge is -2.29. The molecule has 0 spiro atoms. The molecule has 1 rings (SSSR count). The number of nitrogens with zero attached hydrogens (tertiary/aromatic N) is 2. The van der Waals surface area contributed by atoms with Gasteiger partial charge >= 0.3 is 0 Å². The zero-order valence-electron chi connectivity index (χ0n) is 16.7. The van der Waals surface area contributed by atoms with Gasteiger partial charge < -0.3 is 21.5 Å². The Kier molecular flexibility index (Phi) is 15.2. The van der Waals surface area contributed by atoms with Crippen molar-refractivity contribution in [2.75, 3.05) is 33.7 Å². The van der Waals surface area contributed by atoms with Crippen LogP contribution in [0.2, 0.25) is 0 Å². The fourth-order valence-electron chi connectivity index (χ4n) is 3.08. The number of quaternary nitrogens is 1. The third-order valence-electron chi connectivity index (χ3n) is 4.71. The van der Waals surface area contributed by atoms with Gasteiger partial charge in [0.2, 0.25) is 0 Å². The summed E-state index contributed by atoms with van der Waals surface area (Å²) in [6, 6.07) is 10.4. The molecule has 0 heterocycles. The lowest BCUT2D eigenvalue weighted by Crippen LogP contribution is -3.00. The topological polar surface area (TPSA) is 12.4 Å². The molecule has 1 aromatic carbocycles. The Bertz CT molecular complexity index is 429.